The summed E-state index contributed by atoms with van der Waals surface area (Å²) < 4.78 is 14.9. The van der Waals surface area contributed by atoms with E-state index in [0.29, 0.717) is 5.88 Å². The zero-order valence-electron chi connectivity index (χ0n) is 11.6. The summed E-state index contributed by atoms with van der Waals surface area (Å²) in [6.45, 7) is 2.19. The van der Waals surface area contributed by atoms with E-state index in [9.17, 15) is 0 Å². The van der Waals surface area contributed by atoms with Crippen molar-refractivity contribution in [1.29, 1.82) is 0 Å². The van der Waals surface area contributed by atoms with E-state index in [4.69, 9.17) is 9.47 Å². The Hall–Kier alpha value is -1.82. The van der Waals surface area contributed by atoms with Crippen molar-refractivity contribution in [3.8, 4) is 22.1 Å². The molecule has 0 spiro atoms. The molecule has 0 unspecified atom stereocenters. The average molecular weight is 291 g/mol. The topological polar surface area (TPSA) is 47.5 Å². The molecule has 1 saturated heterocycles. The molecule has 0 radical (unpaired) electrons. The van der Waals surface area contributed by atoms with E-state index in [1.54, 1.807) is 14.2 Å². The molecule has 0 bridgehead atoms. The van der Waals surface area contributed by atoms with Crippen molar-refractivity contribution in [2.75, 3.05) is 32.2 Å². The van der Waals surface area contributed by atoms with Crippen LogP contribution in [-0.2, 0) is 0 Å². The number of aromatic nitrogens is 2. The Labute approximate surface area is 122 Å². The lowest BCUT2D eigenvalue weighted by atomic mass is 10.1. The molecule has 5 nitrogen and oxygen atoms in total. The van der Waals surface area contributed by atoms with E-state index in [-0.39, 0.29) is 0 Å². The molecular weight excluding hydrogens is 274 g/mol. The standard InChI is InChI=1S/C14H17N3O2S/c1-18-13-12(14(19-2)20-16-13)10-5-6-11(15-9-10)17-7-3-4-8-17/h5-6,9H,3-4,7-8H2,1-2H3. The highest BCUT2D eigenvalue weighted by Gasteiger charge is 2.19. The lowest BCUT2D eigenvalue weighted by Gasteiger charge is -2.16. The summed E-state index contributed by atoms with van der Waals surface area (Å²) in [6.07, 6.45) is 4.36. The molecule has 3 rings (SSSR count). The summed E-state index contributed by atoms with van der Waals surface area (Å²) >= 11 is 1.29. The van der Waals surface area contributed by atoms with Crippen LogP contribution in [0.15, 0.2) is 18.3 Å². The van der Waals surface area contributed by atoms with Crippen molar-refractivity contribution in [1.82, 2.24) is 9.36 Å². The van der Waals surface area contributed by atoms with Gasteiger partial charge in [-0.05, 0) is 25.0 Å². The molecule has 0 atom stereocenters. The van der Waals surface area contributed by atoms with Crippen molar-refractivity contribution >= 4 is 17.4 Å². The summed E-state index contributed by atoms with van der Waals surface area (Å²) in [6, 6.07) is 4.10. The molecule has 1 aliphatic heterocycles. The maximum atomic E-state index is 5.35. The van der Waals surface area contributed by atoms with Crippen LogP contribution in [0.4, 0.5) is 5.82 Å². The van der Waals surface area contributed by atoms with Gasteiger partial charge in [-0.1, -0.05) is 0 Å². The first-order valence-electron chi connectivity index (χ1n) is 6.62. The van der Waals surface area contributed by atoms with Crippen LogP contribution in [0.25, 0.3) is 11.1 Å². The summed E-state index contributed by atoms with van der Waals surface area (Å²) in [4.78, 5) is 6.87. The molecule has 106 valence electrons. The van der Waals surface area contributed by atoms with Crippen molar-refractivity contribution in [2.24, 2.45) is 0 Å². The van der Waals surface area contributed by atoms with E-state index in [1.165, 1.54) is 24.4 Å². The fourth-order valence-corrected chi connectivity index (χ4v) is 3.15. The zero-order valence-corrected chi connectivity index (χ0v) is 12.4. The maximum Gasteiger partial charge on any atom is 0.236 e. The second-order valence-corrected chi connectivity index (χ2v) is 5.39. The van der Waals surface area contributed by atoms with Crippen LogP contribution in [0.2, 0.25) is 0 Å². The van der Waals surface area contributed by atoms with Gasteiger partial charge in [-0.25, -0.2) is 4.98 Å². The summed E-state index contributed by atoms with van der Waals surface area (Å²) in [5.74, 6) is 1.62. The lowest BCUT2D eigenvalue weighted by Crippen LogP contribution is -2.18. The average Bonchev–Trinajstić information content (AvgIpc) is 3.16. The molecule has 1 aliphatic rings. The van der Waals surface area contributed by atoms with Crippen LogP contribution >= 0.6 is 11.5 Å². The van der Waals surface area contributed by atoms with Gasteiger partial charge >= 0.3 is 0 Å². The fourth-order valence-electron chi connectivity index (χ4n) is 2.45. The zero-order chi connectivity index (χ0) is 13.9. The van der Waals surface area contributed by atoms with Gasteiger partial charge in [-0.2, -0.15) is 4.37 Å². The van der Waals surface area contributed by atoms with Crippen LogP contribution in [-0.4, -0.2) is 36.7 Å². The van der Waals surface area contributed by atoms with Gasteiger partial charge in [0.2, 0.25) is 10.9 Å². The fraction of sp³-hybridized carbons (Fsp3) is 0.429. The number of rotatable bonds is 4. The number of nitrogens with zero attached hydrogens (tertiary/aromatic N) is 3. The Morgan fingerprint density at radius 1 is 1.15 bits per heavy atom. The monoisotopic (exact) mass is 291 g/mol. The number of methoxy groups -OCH3 is 2. The molecule has 2 aromatic rings. The quantitative estimate of drug-likeness (QED) is 0.867. The molecule has 3 heterocycles. The highest BCUT2D eigenvalue weighted by molar-refractivity contribution is 7.08. The third kappa shape index (κ3) is 2.31. The van der Waals surface area contributed by atoms with E-state index in [2.05, 4.69) is 26.4 Å². The first-order valence-corrected chi connectivity index (χ1v) is 7.40. The van der Waals surface area contributed by atoms with E-state index < -0.39 is 0 Å². The van der Waals surface area contributed by atoms with Gasteiger partial charge in [0, 0.05) is 36.4 Å². The third-order valence-electron chi connectivity index (χ3n) is 3.47. The minimum Gasteiger partial charge on any atom is -0.486 e. The van der Waals surface area contributed by atoms with Crippen LogP contribution in [0, 0.1) is 0 Å². The van der Waals surface area contributed by atoms with Crippen LogP contribution in [0.1, 0.15) is 12.8 Å². The molecule has 0 N–H and O–H groups in total. The van der Waals surface area contributed by atoms with Gasteiger partial charge in [0.05, 0.1) is 14.2 Å². The van der Waals surface area contributed by atoms with E-state index in [0.717, 1.165) is 35.1 Å². The number of pyridine rings is 1. The molecule has 20 heavy (non-hydrogen) atoms. The molecule has 0 aliphatic carbocycles. The number of ether oxygens (including phenoxy) is 2. The molecule has 0 saturated carbocycles. The second kappa shape index (κ2) is 5.66. The summed E-state index contributed by atoms with van der Waals surface area (Å²) in [5.41, 5.74) is 1.84. The molecule has 1 fully saturated rings. The Morgan fingerprint density at radius 3 is 2.55 bits per heavy atom. The minimum absolute atomic E-state index is 0.586. The molecule has 6 heteroatoms. The van der Waals surface area contributed by atoms with Gasteiger partial charge in [-0.3, -0.25) is 0 Å². The van der Waals surface area contributed by atoms with Gasteiger partial charge in [-0.15, -0.1) is 0 Å². The van der Waals surface area contributed by atoms with Gasteiger partial charge in [0.25, 0.3) is 0 Å². The van der Waals surface area contributed by atoms with Crippen molar-refractivity contribution < 1.29 is 9.47 Å². The predicted octanol–water partition coefficient (Wildman–Crippen LogP) is 2.82. The van der Waals surface area contributed by atoms with Crippen molar-refractivity contribution in [3.05, 3.63) is 18.3 Å². The molecule has 2 aromatic heterocycles. The minimum atomic E-state index is 0.586. The normalized spacial score (nSPS) is 14.6. The highest BCUT2D eigenvalue weighted by atomic mass is 32.1. The van der Waals surface area contributed by atoms with Gasteiger partial charge < -0.3 is 14.4 Å². The predicted molar refractivity (Wildman–Crippen MR) is 79.9 cm³/mol. The van der Waals surface area contributed by atoms with Crippen molar-refractivity contribution in [3.63, 3.8) is 0 Å². The largest absolute Gasteiger partial charge is 0.486 e. The first kappa shape index (κ1) is 13.2. The SMILES string of the molecule is COc1nsc(OC)c1-c1ccc(N2CCCC2)nc1. The Kier molecular flexibility index (Phi) is 3.73. The lowest BCUT2D eigenvalue weighted by molar-refractivity contribution is 0.398. The summed E-state index contributed by atoms with van der Waals surface area (Å²) in [5, 5.41) is 0.748. The molecule has 0 aromatic carbocycles. The molecular formula is C14H17N3O2S. The second-order valence-electron chi connectivity index (χ2n) is 4.66. The number of anilines is 1. The molecule has 0 amide bonds. The van der Waals surface area contributed by atoms with Crippen LogP contribution < -0.4 is 14.4 Å². The van der Waals surface area contributed by atoms with Gasteiger partial charge in [0.1, 0.15) is 11.4 Å². The number of hydrogen-bond acceptors (Lipinski definition) is 6. The van der Waals surface area contributed by atoms with Crippen LogP contribution in [0.3, 0.4) is 0 Å². The highest BCUT2D eigenvalue weighted by Crippen LogP contribution is 2.41. The van der Waals surface area contributed by atoms with E-state index in [1.807, 2.05) is 6.20 Å². The first-order chi connectivity index (χ1) is 9.83. The smallest absolute Gasteiger partial charge is 0.236 e. The third-order valence-corrected chi connectivity index (χ3v) is 4.27. The Bertz CT molecular complexity index is 555. The number of hydrogen-bond donors (Lipinski definition) is 0. The maximum absolute atomic E-state index is 5.35. The van der Waals surface area contributed by atoms with E-state index >= 15 is 0 Å². The van der Waals surface area contributed by atoms with Gasteiger partial charge in [0.15, 0.2) is 0 Å². The Balaban J connectivity index is 1.92. The summed E-state index contributed by atoms with van der Waals surface area (Å²) in [7, 11) is 3.26. The Morgan fingerprint density at radius 2 is 1.95 bits per heavy atom. The van der Waals surface area contributed by atoms with Crippen LogP contribution in [0.5, 0.6) is 10.9 Å². The van der Waals surface area contributed by atoms with Crippen molar-refractivity contribution in [2.45, 2.75) is 12.8 Å².